The number of unbranched alkanes of at least 4 members (excludes halogenated alkanes) is 3. The summed E-state index contributed by atoms with van der Waals surface area (Å²) in [6.07, 6.45) is 5.30. The fourth-order valence-corrected chi connectivity index (χ4v) is 4.03. The smallest absolute Gasteiger partial charge is 0.242 e. The molecule has 0 aliphatic rings. The first kappa shape index (κ1) is 18.3. The average Bonchev–Trinajstić information content (AvgIpc) is 2.38. The van der Waals surface area contributed by atoms with E-state index in [1.165, 1.54) is 18.9 Å². The van der Waals surface area contributed by atoms with Gasteiger partial charge in [0.2, 0.25) is 10.0 Å². The van der Waals surface area contributed by atoms with Crippen molar-refractivity contribution >= 4 is 27.3 Å². The summed E-state index contributed by atoms with van der Waals surface area (Å²) in [5, 5.41) is 0.201. The summed E-state index contributed by atoms with van der Waals surface area (Å²) >= 11 is 6.04. The van der Waals surface area contributed by atoms with E-state index in [9.17, 15) is 8.42 Å². The summed E-state index contributed by atoms with van der Waals surface area (Å²) in [6.45, 7) is 5.81. The zero-order valence-corrected chi connectivity index (χ0v) is 14.5. The zero-order chi connectivity index (χ0) is 16.0. The van der Waals surface area contributed by atoms with Crippen LogP contribution in [0.2, 0.25) is 5.02 Å². The van der Waals surface area contributed by atoms with Crippen LogP contribution < -0.4 is 10.5 Å². The molecule has 1 atom stereocenters. The minimum Gasteiger partial charge on any atom is -0.398 e. The van der Waals surface area contributed by atoms with E-state index >= 15 is 0 Å². The quantitative estimate of drug-likeness (QED) is 0.560. The Kier molecular flexibility index (Phi) is 6.97. The van der Waals surface area contributed by atoms with Crippen LogP contribution in [0.3, 0.4) is 0 Å². The standard InChI is InChI=1S/C15H25ClN2O2S/c1-4-5-6-7-8-12(3)18-21(19,20)15-10-14(17)11(2)9-13(15)16/h9-10,12,18H,4-8,17H2,1-3H3. The van der Waals surface area contributed by atoms with Crippen LogP contribution in [0.15, 0.2) is 17.0 Å². The number of rotatable bonds is 8. The van der Waals surface area contributed by atoms with Crippen LogP contribution in [0.4, 0.5) is 5.69 Å². The maximum Gasteiger partial charge on any atom is 0.242 e. The van der Waals surface area contributed by atoms with Crippen LogP contribution in [0, 0.1) is 6.92 Å². The van der Waals surface area contributed by atoms with Gasteiger partial charge in [-0.25, -0.2) is 13.1 Å². The predicted octanol–water partition coefficient (Wildman–Crippen LogP) is 3.87. The highest BCUT2D eigenvalue weighted by Gasteiger charge is 2.21. The number of hydrogen-bond acceptors (Lipinski definition) is 3. The van der Waals surface area contributed by atoms with Gasteiger partial charge in [0.1, 0.15) is 4.90 Å². The van der Waals surface area contributed by atoms with Crippen molar-refractivity contribution in [1.82, 2.24) is 4.72 Å². The van der Waals surface area contributed by atoms with Crippen molar-refractivity contribution in [3.8, 4) is 0 Å². The number of nitrogens with two attached hydrogens (primary N) is 1. The second-order valence-corrected chi connectivity index (χ2v) is 7.60. The first-order valence-corrected chi connectivity index (χ1v) is 9.22. The molecule has 0 radical (unpaired) electrons. The number of benzene rings is 1. The van der Waals surface area contributed by atoms with Gasteiger partial charge in [0.25, 0.3) is 0 Å². The van der Waals surface area contributed by atoms with Crippen LogP contribution in [-0.2, 0) is 10.0 Å². The molecule has 1 rings (SSSR count). The Morgan fingerprint density at radius 1 is 1.29 bits per heavy atom. The van der Waals surface area contributed by atoms with Gasteiger partial charge in [-0.2, -0.15) is 0 Å². The Hall–Kier alpha value is -0.780. The van der Waals surface area contributed by atoms with E-state index in [2.05, 4.69) is 11.6 Å². The Labute approximate surface area is 133 Å². The SMILES string of the molecule is CCCCCCC(C)NS(=O)(=O)c1cc(N)c(C)cc1Cl. The summed E-state index contributed by atoms with van der Waals surface area (Å²) in [6, 6.07) is 2.88. The van der Waals surface area contributed by atoms with E-state index in [4.69, 9.17) is 17.3 Å². The number of sulfonamides is 1. The molecule has 21 heavy (non-hydrogen) atoms. The molecule has 1 aromatic carbocycles. The van der Waals surface area contributed by atoms with Crippen molar-refractivity contribution in [2.75, 3.05) is 5.73 Å². The first-order valence-electron chi connectivity index (χ1n) is 7.36. The third-order valence-electron chi connectivity index (χ3n) is 3.46. The molecular weight excluding hydrogens is 308 g/mol. The van der Waals surface area contributed by atoms with Gasteiger partial charge in [0, 0.05) is 11.7 Å². The van der Waals surface area contributed by atoms with Crippen LogP contribution >= 0.6 is 11.6 Å². The fourth-order valence-electron chi connectivity index (χ4n) is 2.14. The number of anilines is 1. The molecule has 0 aromatic heterocycles. The van der Waals surface area contributed by atoms with Gasteiger partial charge < -0.3 is 5.73 Å². The molecule has 0 bridgehead atoms. The number of aryl methyl sites for hydroxylation is 1. The Balaban J connectivity index is 2.75. The molecule has 3 N–H and O–H groups in total. The van der Waals surface area contributed by atoms with Crippen molar-refractivity contribution < 1.29 is 8.42 Å². The van der Waals surface area contributed by atoms with E-state index < -0.39 is 10.0 Å². The average molecular weight is 333 g/mol. The molecule has 0 aliphatic heterocycles. The highest BCUT2D eigenvalue weighted by Crippen LogP contribution is 2.27. The second-order valence-electron chi connectivity index (χ2n) is 5.51. The summed E-state index contributed by atoms with van der Waals surface area (Å²) in [5.41, 5.74) is 6.98. The Bertz CT molecular complexity index is 573. The van der Waals surface area contributed by atoms with Crippen molar-refractivity contribution in [1.29, 1.82) is 0 Å². The normalized spacial score (nSPS) is 13.3. The molecule has 4 nitrogen and oxygen atoms in total. The molecule has 0 amide bonds. The summed E-state index contributed by atoms with van der Waals surface area (Å²) in [7, 11) is -3.63. The molecule has 0 saturated heterocycles. The van der Waals surface area contributed by atoms with Gasteiger partial charge in [-0.3, -0.25) is 0 Å². The second kappa shape index (κ2) is 8.01. The molecule has 0 aliphatic carbocycles. The number of nitrogens with one attached hydrogen (secondary N) is 1. The topological polar surface area (TPSA) is 72.2 Å². The van der Waals surface area contributed by atoms with Gasteiger partial charge in [0.05, 0.1) is 5.02 Å². The number of nitrogen functional groups attached to an aromatic ring is 1. The van der Waals surface area contributed by atoms with E-state index in [-0.39, 0.29) is 16.0 Å². The third-order valence-corrected chi connectivity index (χ3v) is 5.51. The lowest BCUT2D eigenvalue weighted by Gasteiger charge is -2.15. The minimum absolute atomic E-state index is 0.0488. The van der Waals surface area contributed by atoms with Crippen molar-refractivity contribution in [2.24, 2.45) is 0 Å². The largest absolute Gasteiger partial charge is 0.398 e. The minimum atomic E-state index is -3.63. The predicted molar refractivity (Wildman–Crippen MR) is 89.1 cm³/mol. The molecule has 120 valence electrons. The Morgan fingerprint density at radius 3 is 2.57 bits per heavy atom. The molecule has 0 spiro atoms. The highest BCUT2D eigenvalue weighted by atomic mass is 35.5. The fraction of sp³-hybridized carbons (Fsp3) is 0.600. The van der Waals surface area contributed by atoms with Gasteiger partial charge >= 0.3 is 0 Å². The molecule has 1 aromatic rings. The van der Waals surface area contributed by atoms with Gasteiger partial charge in [-0.1, -0.05) is 44.2 Å². The van der Waals surface area contributed by atoms with Gasteiger partial charge in [-0.05, 0) is 38.0 Å². The zero-order valence-electron chi connectivity index (χ0n) is 12.9. The van der Waals surface area contributed by atoms with E-state index in [1.807, 2.05) is 6.92 Å². The Morgan fingerprint density at radius 2 is 1.95 bits per heavy atom. The van der Waals surface area contributed by atoms with Crippen molar-refractivity contribution in [2.45, 2.75) is 63.8 Å². The maximum atomic E-state index is 12.4. The molecule has 0 heterocycles. The lowest BCUT2D eigenvalue weighted by atomic mass is 10.1. The van der Waals surface area contributed by atoms with Gasteiger partial charge in [0.15, 0.2) is 0 Å². The van der Waals surface area contributed by atoms with Crippen LogP contribution in [0.25, 0.3) is 0 Å². The lowest BCUT2D eigenvalue weighted by Crippen LogP contribution is -2.32. The van der Waals surface area contributed by atoms with E-state index in [1.54, 1.807) is 13.0 Å². The van der Waals surface area contributed by atoms with E-state index in [0.29, 0.717) is 5.69 Å². The maximum absolute atomic E-state index is 12.4. The summed E-state index contributed by atoms with van der Waals surface area (Å²) in [4.78, 5) is 0.0488. The summed E-state index contributed by atoms with van der Waals surface area (Å²) < 4.78 is 27.4. The van der Waals surface area contributed by atoms with Crippen LogP contribution in [0.5, 0.6) is 0 Å². The lowest BCUT2D eigenvalue weighted by molar-refractivity contribution is 0.522. The molecular formula is C15H25ClN2O2S. The third kappa shape index (κ3) is 5.49. The van der Waals surface area contributed by atoms with Crippen LogP contribution in [0.1, 0.15) is 51.5 Å². The number of halogens is 1. The molecule has 0 saturated carbocycles. The van der Waals surface area contributed by atoms with E-state index in [0.717, 1.165) is 24.8 Å². The monoisotopic (exact) mass is 332 g/mol. The molecule has 6 heteroatoms. The van der Waals surface area contributed by atoms with Crippen LogP contribution in [-0.4, -0.2) is 14.5 Å². The summed E-state index contributed by atoms with van der Waals surface area (Å²) in [5.74, 6) is 0. The molecule has 1 unspecified atom stereocenters. The van der Waals surface area contributed by atoms with Crippen molar-refractivity contribution in [3.05, 3.63) is 22.7 Å². The number of hydrogen-bond donors (Lipinski definition) is 2. The first-order chi connectivity index (χ1) is 9.77. The van der Waals surface area contributed by atoms with Gasteiger partial charge in [-0.15, -0.1) is 0 Å². The van der Waals surface area contributed by atoms with Crippen molar-refractivity contribution in [3.63, 3.8) is 0 Å². The highest BCUT2D eigenvalue weighted by molar-refractivity contribution is 7.89. The molecule has 0 fully saturated rings.